The number of hydrogen-bond donors (Lipinski definition) is 1. The van der Waals surface area contributed by atoms with Crippen LogP contribution in [0.3, 0.4) is 0 Å². The zero-order valence-corrected chi connectivity index (χ0v) is 17.3. The molecule has 3 aromatic rings. The molecule has 0 saturated heterocycles. The minimum absolute atomic E-state index is 0.175. The summed E-state index contributed by atoms with van der Waals surface area (Å²) in [6.07, 6.45) is 7.07. The number of nitrogens with one attached hydrogen (secondary N) is 1. The van der Waals surface area contributed by atoms with Crippen LogP contribution in [0.5, 0.6) is 5.75 Å². The number of fused-ring (bicyclic) bond motifs is 1. The number of benzene rings is 1. The average molecular weight is 421 g/mol. The van der Waals surface area contributed by atoms with Crippen molar-refractivity contribution in [2.75, 3.05) is 6.54 Å². The van der Waals surface area contributed by atoms with Gasteiger partial charge in [0.25, 0.3) is 0 Å². The van der Waals surface area contributed by atoms with Gasteiger partial charge in [0.05, 0.1) is 11.6 Å². The SMILES string of the molecule is C=C(C)c1ccc(-c2cc(Cl)c3c(c2)CC(CNC(=O)/C=C/c2cccnc2)O3)o1. The Morgan fingerprint density at radius 1 is 1.37 bits per heavy atom. The monoisotopic (exact) mass is 420 g/mol. The van der Waals surface area contributed by atoms with Gasteiger partial charge in [-0.15, -0.1) is 0 Å². The van der Waals surface area contributed by atoms with E-state index in [-0.39, 0.29) is 12.0 Å². The molecule has 1 N–H and O–H groups in total. The molecule has 0 aliphatic carbocycles. The van der Waals surface area contributed by atoms with Crippen molar-refractivity contribution in [3.05, 3.63) is 83.4 Å². The summed E-state index contributed by atoms with van der Waals surface area (Å²) in [5, 5.41) is 3.40. The van der Waals surface area contributed by atoms with Crippen molar-refractivity contribution < 1.29 is 13.9 Å². The minimum Gasteiger partial charge on any atom is -0.486 e. The normalized spacial score (nSPS) is 15.1. The Labute approximate surface area is 180 Å². The lowest BCUT2D eigenvalue weighted by atomic mass is 10.0. The summed E-state index contributed by atoms with van der Waals surface area (Å²) < 4.78 is 11.8. The number of carbonyl (C=O) groups excluding carboxylic acids is 1. The van der Waals surface area contributed by atoms with Gasteiger partial charge in [0.2, 0.25) is 5.91 Å². The number of halogens is 1. The van der Waals surface area contributed by atoms with E-state index < -0.39 is 0 Å². The number of allylic oxidation sites excluding steroid dienone is 1. The summed E-state index contributed by atoms with van der Waals surface area (Å²) in [5.74, 6) is 1.96. The summed E-state index contributed by atoms with van der Waals surface area (Å²) in [6, 6.07) is 11.4. The molecule has 5 nitrogen and oxygen atoms in total. The lowest BCUT2D eigenvalue weighted by Gasteiger charge is -2.11. The number of aromatic nitrogens is 1. The Bertz CT molecular complexity index is 1120. The molecule has 1 aliphatic rings. The van der Waals surface area contributed by atoms with Gasteiger partial charge in [-0.25, -0.2) is 0 Å². The molecule has 1 aliphatic heterocycles. The highest BCUT2D eigenvalue weighted by atomic mass is 35.5. The van der Waals surface area contributed by atoms with Crippen LogP contribution in [0.1, 0.15) is 23.8 Å². The number of furan rings is 1. The molecule has 4 rings (SSSR count). The van der Waals surface area contributed by atoms with Crippen molar-refractivity contribution in [2.24, 2.45) is 0 Å². The Morgan fingerprint density at radius 3 is 2.97 bits per heavy atom. The lowest BCUT2D eigenvalue weighted by Crippen LogP contribution is -2.33. The fourth-order valence-electron chi connectivity index (χ4n) is 3.29. The van der Waals surface area contributed by atoms with Crippen LogP contribution in [0.25, 0.3) is 23.0 Å². The first-order chi connectivity index (χ1) is 14.5. The maximum atomic E-state index is 12.1. The Morgan fingerprint density at radius 2 is 2.23 bits per heavy atom. The molecule has 0 fully saturated rings. The van der Waals surface area contributed by atoms with Gasteiger partial charge < -0.3 is 14.5 Å². The molecule has 0 bridgehead atoms. The van der Waals surface area contributed by atoms with Crippen LogP contribution < -0.4 is 10.1 Å². The van der Waals surface area contributed by atoms with E-state index in [4.69, 9.17) is 20.8 Å². The van der Waals surface area contributed by atoms with Gasteiger partial charge in [-0.2, -0.15) is 0 Å². The van der Waals surface area contributed by atoms with E-state index in [1.807, 2.05) is 43.3 Å². The molecule has 30 heavy (non-hydrogen) atoms. The summed E-state index contributed by atoms with van der Waals surface area (Å²) in [7, 11) is 0. The molecule has 0 saturated carbocycles. The van der Waals surface area contributed by atoms with Crippen LogP contribution in [-0.4, -0.2) is 23.5 Å². The minimum atomic E-state index is -0.187. The number of rotatable bonds is 6. The zero-order chi connectivity index (χ0) is 21.1. The third kappa shape index (κ3) is 4.47. The molecule has 1 amide bonds. The van der Waals surface area contributed by atoms with Gasteiger partial charge in [0.15, 0.2) is 0 Å². The van der Waals surface area contributed by atoms with Crippen molar-refractivity contribution in [2.45, 2.75) is 19.4 Å². The van der Waals surface area contributed by atoms with Crippen molar-refractivity contribution >= 4 is 29.2 Å². The first kappa shape index (κ1) is 20.0. The van der Waals surface area contributed by atoms with E-state index in [1.165, 1.54) is 6.08 Å². The fourth-order valence-corrected chi connectivity index (χ4v) is 3.57. The van der Waals surface area contributed by atoms with Crippen LogP contribution in [0.2, 0.25) is 5.02 Å². The first-order valence-electron chi connectivity index (χ1n) is 9.60. The van der Waals surface area contributed by atoms with E-state index >= 15 is 0 Å². The summed E-state index contributed by atoms with van der Waals surface area (Å²) in [4.78, 5) is 16.1. The number of carbonyl (C=O) groups is 1. The standard InChI is InChI=1S/C24H21ClN2O3/c1-15(2)21-6-7-22(30-21)17-10-18-11-19(29-24(18)20(25)12-17)14-27-23(28)8-5-16-4-3-9-26-13-16/h3-10,12-13,19H,1,11,14H2,2H3,(H,27,28)/b8-5+. The van der Waals surface area contributed by atoms with Crippen molar-refractivity contribution in [1.82, 2.24) is 10.3 Å². The first-order valence-corrected chi connectivity index (χ1v) is 9.98. The highest BCUT2D eigenvalue weighted by Crippen LogP contribution is 2.40. The van der Waals surface area contributed by atoms with Gasteiger partial charge in [0.1, 0.15) is 23.4 Å². The van der Waals surface area contributed by atoms with Crippen molar-refractivity contribution in [3.63, 3.8) is 0 Å². The average Bonchev–Trinajstić information content (AvgIpc) is 3.39. The third-order valence-corrected chi connectivity index (χ3v) is 5.06. The third-order valence-electron chi connectivity index (χ3n) is 4.78. The number of amides is 1. The molecular formula is C24H21ClN2O3. The van der Waals surface area contributed by atoms with E-state index in [0.717, 1.165) is 33.8 Å². The topological polar surface area (TPSA) is 64.4 Å². The lowest BCUT2D eigenvalue weighted by molar-refractivity contribution is -0.116. The molecule has 0 spiro atoms. The quantitative estimate of drug-likeness (QED) is 0.559. The van der Waals surface area contributed by atoms with Crippen molar-refractivity contribution in [3.8, 4) is 17.1 Å². The van der Waals surface area contributed by atoms with E-state index in [9.17, 15) is 4.79 Å². The molecule has 6 heteroatoms. The van der Waals surface area contributed by atoms with E-state index in [1.54, 1.807) is 18.5 Å². The summed E-state index contributed by atoms with van der Waals surface area (Å²) >= 11 is 6.45. The van der Waals surface area contributed by atoms with E-state index in [0.29, 0.717) is 23.7 Å². The van der Waals surface area contributed by atoms with Crippen LogP contribution in [0, 0.1) is 0 Å². The Balaban J connectivity index is 1.39. The van der Waals surface area contributed by atoms with Crippen LogP contribution in [0.4, 0.5) is 0 Å². The summed E-state index contributed by atoms with van der Waals surface area (Å²) in [6.45, 7) is 6.19. The van der Waals surface area contributed by atoms with Crippen molar-refractivity contribution in [1.29, 1.82) is 0 Å². The van der Waals surface area contributed by atoms with Gasteiger partial charge in [0, 0.05) is 36.0 Å². The van der Waals surface area contributed by atoms with Crippen LogP contribution >= 0.6 is 11.6 Å². The highest BCUT2D eigenvalue weighted by molar-refractivity contribution is 6.32. The Hall–Kier alpha value is -3.31. The molecule has 1 unspecified atom stereocenters. The molecule has 1 atom stereocenters. The second-order valence-electron chi connectivity index (χ2n) is 7.20. The smallest absolute Gasteiger partial charge is 0.244 e. The van der Waals surface area contributed by atoms with Gasteiger partial charge >= 0.3 is 0 Å². The maximum Gasteiger partial charge on any atom is 0.244 e. The highest BCUT2D eigenvalue weighted by Gasteiger charge is 2.26. The summed E-state index contributed by atoms with van der Waals surface area (Å²) in [5.41, 5.74) is 3.62. The fraction of sp³-hybridized carbons (Fsp3) is 0.167. The molecule has 2 aromatic heterocycles. The molecule has 3 heterocycles. The van der Waals surface area contributed by atoms with Gasteiger partial charge in [-0.05, 0) is 54.5 Å². The Kier molecular flexibility index (Phi) is 5.72. The molecule has 152 valence electrons. The predicted molar refractivity (Wildman–Crippen MR) is 118 cm³/mol. The number of hydrogen-bond acceptors (Lipinski definition) is 4. The maximum absolute atomic E-state index is 12.1. The largest absolute Gasteiger partial charge is 0.486 e. The van der Waals surface area contributed by atoms with Crippen LogP contribution in [-0.2, 0) is 11.2 Å². The van der Waals surface area contributed by atoms with Gasteiger partial charge in [-0.3, -0.25) is 9.78 Å². The van der Waals surface area contributed by atoms with Crippen LogP contribution in [0.15, 0.2) is 65.9 Å². The predicted octanol–water partition coefficient (Wildman–Crippen LogP) is 5.16. The second kappa shape index (κ2) is 8.59. The second-order valence-corrected chi connectivity index (χ2v) is 7.61. The number of pyridine rings is 1. The molecule has 1 aromatic carbocycles. The molecular weight excluding hydrogens is 400 g/mol. The molecule has 0 radical (unpaired) electrons. The zero-order valence-electron chi connectivity index (χ0n) is 16.5. The number of nitrogens with zero attached hydrogens (tertiary/aromatic N) is 1. The van der Waals surface area contributed by atoms with E-state index in [2.05, 4.69) is 16.9 Å². The number of ether oxygens (including phenoxy) is 1. The van der Waals surface area contributed by atoms with Gasteiger partial charge in [-0.1, -0.05) is 24.2 Å².